The fraction of sp³-hybridized carbons (Fsp3) is 0.130. The molecule has 0 saturated carbocycles. The average Bonchev–Trinajstić information content (AvgIpc) is 2.71. The van der Waals surface area contributed by atoms with E-state index in [1.165, 1.54) is 13.2 Å². The molecule has 0 aliphatic rings. The monoisotopic (exact) mass is 443 g/mol. The lowest BCUT2D eigenvalue weighted by atomic mass is 10.1. The molecule has 7 heteroatoms. The molecule has 0 amide bonds. The van der Waals surface area contributed by atoms with E-state index in [0.29, 0.717) is 34.4 Å². The topological polar surface area (TPSA) is 64.6 Å². The highest BCUT2D eigenvalue weighted by molar-refractivity contribution is 7.95. The van der Waals surface area contributed by atoms with Gasteiger partial charge in [-0.15, -0.1) is 0 Å². The van der Waals surface area contributed by atoms with Crippen LogP contribution in [0.4, 0.5) is 5.69 Å². The molecule has 3 aromatic rings. The molecule has 0 aliphatic carbocycles. The van der Waals surface area contributed by atoms with Crippen molar-refractivity contribution in [2.45, 2.75) is 13.5 Å². The van der Waals surface area contributed by atoms with Crippen molar-refractivity contribution in [3.05, 3.63) is 93.9 Å². The largest absolute Gasteiger partial charge is 0.493 e. The summed E-state index contributed by atoms with van der Waals surface area (Å²) in [6.45, 7) is 2.40. The van der Waals surface area contributed by atoms with Gasteiger partial charge in [-0.3, -0.25) is 4.72 Å². The number of methoxy groups -OCH3 is 1. The van der Waals surface area contributed by atoms with Crippen molar-refractivity contribution in [3.63, 3.8) is 0 Å². The van der Waals surface area contributed by atoms with Crippen molar-refractivity contribution < 1.29 is 17.9 Å². The Morgan fingerprint density at radius 3 is 2.53 bits per heavy atom. The highest BCUT2D eigenvalue weighted by atomic mass is 35.5. The number of anilines is 1. The molecule has 0 unspecified atom stereocenters. The Labute approximate surface area is 182 Å². The van der Waals surface area contributed by atoms with Crippen LogP contribution in [0.1, 0.15) is 16.7 Å². The number of halogens is 1. The summed E-state index contributed by atoms with van der Waals surface area (Å²) in [6.07, 6.45) is 1.48. The Hall–Kier alpha value is -2.96. The summed E-state index contributed by atoms with van der Waals surface area (Å²) in [4.78, 5) is 0. The van der Waals surface area contributed by atoms with Crippen molar-refractivity contribution in [1.29, 1.82) is 0 Å². The van der Waals surface area contributed by atoms with Crippen LogP contribution in [-0.4, -0.2) is 15.5 Å². The lowest BCUT2D eigenvalue weighted by Gasteiger charge is -2.13. The molecular weight excluding hydrogens is 422 g/mol. The van der Waals surface area contributed by atoms with Crippen molar-refractivity contribution >= 4 is 33.4 Å². The number of hydrogen-bond donors (Lipinski definition) is 1. The van der Waals surface area contributed by atoms with Gasteiger partial charge in [0, 0.05) is 11.1 Å². The summed E-state index contributed by atoms with van der Waals surface area (Å²) in [5.41, 5.74) is 3.24. The second kappa shape index (κ2) is 9.69. The van der Waals surface area contributed by atoms with Gasteiger partial charge in [0.2, 0.25) is 0 Å². The van der Waals surface area contributed by atoms with Crippen molar-refractivity contribution in [2.24, 2.45) is 0 Å². The van der Waals surface area contributed by atoms with Crippen LogP contribution in [0.5, 0.6) is 11.5 Å². The third-order valence-corrected chi connectivity index (χ3v) is 5.44. The SMILES string of the molecule is COc1cc(NS(=O)(=O)/C=C/c2cccc(Cl)c2)ccc1OCc1cccc(C)c1. The maximum Gasteiger partial charge on any atom is 0.255 e. The normalized spacial score (nSPS) is 11.4. The molecule has 1 N–H and O–H groups in total. The van der Waals surface area contributed by atoms with E-state index in [9.17, 15) is 8.42 Å². The highest BCUT2D eigenvalue weighted by Crippen LogP contribution is 2.31. The summed E-state index contributed by atoms with van der Waals surface area (Å²) < 4.78 is 38.5. The van der Waals surface area contributed by atoms with Crippen LogP contribution in [-0.2, 0) is 16.6 Å². The van der Waals surface area contributed by atoms with Gasteiger partial charge in [0.25, 0.3) is 10.0 Å². The van der Waals surface area contributed by atoms with E-state index in [0.717, 1.165) is 16.5 Å². The molecule has 0 radical (unpaired) electrons. The van der Waals surface area contributed by atoms with Crippen LogP contribution < -0.4 is 14.2 Å². The van der Waals surface area contributed by atoms with Crippen molar-refractivity contribution in [1.82, 2.24) is 0 Å². The van der Waals surface area contributed by atoms with Crippen molar-refractivity contribution in [2.75, 3.05) is 11.8 Å². The van der Waals surface area contributed by atoms with Gasteiger partial charge in [0.1, 0.15) is 6.61 Å². The third kappa shape index (κ3) is 6.27. The third-order valence-electron chi connectivity index (χ3n) is 4.19. The fourth-order valence-corrected chi connectivity index (χ4v) is 3.85. The number of hydrogen-bond acceptors (Lipinski definition) is 4. The molecule has 30 heavy (non-hydrogen) atoms. The van der Waals surface area contributed by atoms with E-state index < -0.39 is 10.0 Å². The first-order valence-electron chi connectivity index (χ1n) is 9.17. The van der Waals surface area contributed by atoms with E-state index >= 15 is 0 Å². The number of benzene rings is 3. The Morgan fingerprint density at radius 2 is 1.80 bits per heavy atom. The van der Waals surface area contributed by atoms with Gasteiger partial charge in [-0.25, -0.2) is 8.42 Å². The predicted molar refractivity (Wildman–Crippen MR) is 122 cm³/mol. The number of rotatable bonds is 8. The van der Waals surface area contributed by atoms with Gasteiger partial charge in [-0.05, 0) is 48.4 Å². The molecule has 0 aliphatic heterocycles. The molecule has 3 aromatic carbocycles. The average molecular weight is 444 g/mol. The van der Waals surface area contributed by atoms with Crippen LogP contribution in [0.3, 0.4) is 0 Å². The summed E-state index contributed by atoms with van der Waals surface area (Å²) in [6, 6.07) is 19.8. The maximum atomic E-state index is 12.4. The molecule has 0 bridgehead atoms. The summed E-state index contributed by atoms with van der Waals surface area (Å²) >= 11 is 5.92. The van der Waals surface area contributed by atoms with Crippen LogP contribution in [0.25, 0.3) is 6.08 Å². The summed E-state index contributed by atoms with van der Waals surface area (Å²) in [7, 11) is -2.21. The molecule has 5 nitrogen and oxygen atoms in total. The van der Waals surface area contributed by atoms with Gasteiger partial charge in [-0.2, -0.15) is 0 Å². The number of ether oxygens (including phenoxy) is 2. The molecular formula is C23H22ClNO4S. The van der Waals surface area contributed by atoms with Gasteiger partial charge >= 0.3 is 0 Å². The smallest absolute Gasteiger partial charge is 0.255 e. The molecule has 0 atom stereocenters. The second-order valence-electron chi connectivity index (χ2n) is 6.65. The Morgan fingerprint density at radius 1 is 1.00 bits per heavy atom. The predicted octanol–water partition coefficient (Wildman–Crippen LogP) is 5.65. The minimum atomic E-state index is -3.71. The lowest BCUT2D eigenvalue weighted by molar-refractivity contribution is 0.284. The summed E-state index contributed by atoms with van der Waals surface area (Å²) in [5.74, 6) is 0.957. The second-order valence-corrected chi connectivity index (χ2v) is 8.65. The molecule has 156 valence electrons. The maximum absolute atomic E-state index is 12.4. The lowest BCUT2D eigenvalue weighted by Crippen LogP contribution is -2.09. The Bertz CT molecular complexity index is 1160. The zero-order valence-electron chi connectivity index (χ0n) is 16.6. The quantitative estimate of drug-likeness (QED) is 0.488. The Kier molecular flexibility index (Phi) is 7.03. The van der Waals surface area contributed by atoms with E-state index in [4.69, 9.17) is 21.1 Å². The van der Waals surface area contributed by atoms with Gasteiger partial charge in [0.15, 0.2) is 11.5 Å². The zero-order valence-corrected chi connectivity index (χ0v) is 18.2. The number of sulfonamides is 1. The van der Waals surface area contributed by atoms with Gasteiger partial charge in [0.05, 0.1) is 18.2 Å². The number of aryl methyl sites for hydroxylation is 1. The molecule has 0 fully saturated rings. The highest BCUT2D eigenvalue weighted by Gasteiger charge is 2.11. The van der Waals surface area contributed by atoms with Crippen LogP contribution in [0, 0.1) is 6.92 Å². The molecule has 0 aromatic heterocycles. The first-order chi connectivity index (χ1) is 14.3. The van der Waals surface area contributed by atoms with E-state index in [1.54, 1.807) is 42.5 Å². The zero-order chi connectivity index (χ0) is 21.6. The van der Waals surface area contributed by atoms with E-state index in [2.05, 4.69) is 4.72 Å². The number of nitrogens with one attached hydrogen (secondary N) is 1. The van der Waals surface area contributed by atoms with Crippen LogP contribution >= 0.6 is 11.6 Å². The fourth-order valence-electron chi connectivity index (χ4n) is 2.79. The van der Waals surface area contributed by atoms with Crippen LogP contribution in [0.15, 0.2) is 72.1 Å². The van der Waals surface area contributed by atoms with Gasteiger partial charge < -0.3 is 9.47 Å². The summed E-state index contributed by atoms with van der Waals surface area (Å²) in [5, 5.41) is 1.63. The van der Waals surface area contributed by atoms with Gasteiger partial charge in [-0.1, -0.05) is 53.6 Å². The standard InChI is InChI=1S/C23H22ClNO4S/c1-17-5-3-7-19(13-17)16-29-22-10-9-21(15-23(22)28-2)25-30(26,27)12-11-18-6-4-8-20(24)14-18/h3-15,25H,16H2,1-2H3/b12-11+. The van der Waals surface area contributed by atoms with E-state index in [1.807, 2.05) is 31.2 Å². The van der Waals surface area contributed by atoms with Crippen molar-refractivity contribution in [3.8, 4) is 11.5 Å². The first-order valence-corrected chi connectivity index (χ1v) is 11.1. The molecule has 0 heterocycles. The molecule has 0 spiro atoms. The molecule has 3 rings (SSSR count). The minimum absolute atomic E-state index is 0.366. The molecule has 0 saturated heterocycles. The minimum Gasteiger partial charge on any atom is -0.493 e. The Balaban J connectivity index is 1.70. The van der Waals surface area contributed by atoms with E-state index in [-0.39, 0.29) is 0 Å². The van der Waals surface area contributed by atoms with Crippen LogP contribution in [0.2, 0.25) is 5.02 Å². The first kappa shape index (κ1) is 21.7.